The van der Waals surface area contributed by atoms with Crippen LogP contribution in [-0.2, 0) is 11.2 Å². The van der Waals surface area contributed by atoms with E-state index in [1.807, 2.05) is 36.4 Å². The molecular weight excluding hydrogens is 370 g/mol. The number of fused-ring (bicyclic) bond motifs is 1. The van der Waals surface area contributed by atoms with E-state index in [1.54, 1.807) is 18.4 Å². The molecule has 1 aliphatic rings. The third-order valence-electron chi connectivity index (χ3n) is 5.30. The summed E-state index contributed by atoms with van der Waals surface area (Å²) >= 11 is 1.73. The number of nitrogens with zero attached hydrogens (tertiary/aromatic N) is 2. The number of para-hydroxylation sites is 2. The molecule has 0 atom stereocenters. The van der Waals surface area contributed by atoms with Crippen LogP contribution in [-0.4, -0.2) is 37.6 Å². The Hall–Kier alpha value is -2.60. The van der Waals surface area contributed by atoms with Gasteiger partial charge >= 0.3 is 0 Å². The van der Waals surface area contributed by atoms with E-state index in [0.29, 0.717) is 6.54 Å². The van der Waals surface area contributed by atoms with Crippen molar-refractivity contribution in [3.63, 3.8) is 0 Å². The summed E-state index contributed by atoms with van der Waals surface area (Å²) in [5.41, 5.74) is 2.18. The zero-order valence-corrected chi connectivity index (χ0v) is 16.9. The van der Waals surface area contributed by atoms with Crippen molar-refractivity contribution in [3.05, 3.63) is 54.1 Å². The fourth-order valence-corrected chi connectivity index (χ4v) is 4.72. The highest BCUT2D eigenvalue weighted by Gasteiger charge is 2.26. The molecule has 2 heterocycles. The molecule has 0 saturated carbocycles. The second-order valence-electron chi connectivity index (χ2n) is 7.08. The number of carbonyl (C=O) groups excluding carboxylic acids is 1. The SMILES string of the molecule is COc1ccccc1CCNC(=O)C1CCN(c2nc3ccccc3s2)CC1. The summed E-state index contributed by atoms with van der Waals surface area (Å²) < 4.78 is 6.59. The van der Waals surface area contributed by atoms with Crippen LogP contribution in [0.15, 0.2) is 48.5 Å². The Balaban J connectivity index is 1.27. The van der Waals surface area contributed by atoms with Gasteiger partial charge in [-0.25, -0.2) is 4.98 Å². The predicted molar refractivity (Wildman–Crippen MR) is 114 cm³/mol. The lowest BCUT2D eigenvalue weighted by atomic mass is 9.96. The number of rotatable bonds is 6. The second kappa shape index (κ2) is 8.61. The van der Waals surface area contributed by atoms with Crippen molar-refractivity contribution in [1.82, 2.24) is 10.3 Å². The van der Waals surface area contributed by atoms with Gasteiger partial charge in [0.15, 0.2) is 5.13 Å². The molecule has 28 heavy (non-hydrogen) atoms. The van der Waals surface area contributed by atoms with E-state index in [2.05, 4.69) is 22.3 Å². The summed E-state index contributed by atoms with van der Waals surface area (Å²) in [6.07, 6.45) is 2.52. The molecule has 146 valence electrons. The Morgan fingerprint density at radius 2 is 1.93 bits per heavy atom. The number of hydrogen-bond donors (Lipinski definition) is 1. The molecule has 1 aliphatic heterocycles. The van der Waals surface area contributed by atoms with Gasteiger partial charge in [0.05, 0.1) is 17.3 Å². The van der Waals surface area contributed by atoms with Gasteiger partial charge in [-0.05, 0) is 43.0 Å². The average Bonchev–Trinajstić information content (AvgIpc) is 3.18. The van der Waals surface area contributed by atoms with E-state index in [9.17, 15) is 4.79 Å². The number of carbonyl (C=O) groups is 1. The summed E-state index contributed by atoms with van der Waals surface area (Å²) in [6, 6.07) is 16.2. The summed E-state index contributed by atoms with van der Waals surface area (Å²) in [5, 5.41) is 4.17. The number of piperidine rings is 1. The third-order valence-corrected chi connectivity index (χ3v) is 6.40. The summed E-state index contributed by atoms with van der Waals surface area (Å²) in [7, 11) is 1.68. The van der Waals surface area contributed by atoms with E-state index >= 15 is 0 Å². The van der Waals surface area contributed by atoms with Gasteiger partial charge in [0, 0.05) is 25.6 Å². The number of thiazole rings is 1. The molecule has 3 aromatic rings. The van der Waals surface area contributed by atoms with Crippen molar-refractivity contribution in [2.75, 3.05) is 31.6 Å². The minimum absolute atomic E-state index is 0.0864. The molecule has 0 bridgehead atoms. The van der Waals surface area contributed by atoms with Gasteiger partial charge in [0.2, 0.25) is 5.91 Å². The molecule has 6 heteroatoms. The number of hydrogen-bond acceptors (Lipinski definition) is 5. The number of anilines is 1. The Morgan fingerprint density at radius 3 is 2.71 bits per heavy atom. The highest BCUT2D eigenvalue weighted by molar-refractivity contribution is 7.22. The van der Waals surface area contributed by atoms with Crippen LogP contribution in [0.4, 0.5) is 5.13 Å². The molecule has 0 radical (unpaired) electrons. The normalized spacial score (nSPS) is 15.0. The molecule has 5 nitrogen and oxygen atoms in total. The fourth-order valence-electron chi connectivity index (χ4n) is 3.70. The van der Waals surface area contributed by atoms with Crippen LogP contribution in [0, 0.1) is 5.92 Å². The molecule has 0 spiro atoms. The Kier molecular flexibility index (Phi) is 5.76. The number of amides is 1. The second-order valence-corrected chi connectivity index (χ2v) is 8.09. The molecule has 0 unspecified atom stereocenters. The standard InChI is InChI=1S/C22H25N3O2S/c1-27-19-8-4-2-6-16(19)10-13-23-21(26)17-11-14-25(15-12-17)22-24-18-7-3-5-9-20(18)28-22/h2-9,17H,10-15H2,1H3,(H,23,26). The fraction of sp³-hybridized carbons (Fsp3) is 0.364. The molecule has 4 rings (SSSR count). The van der Waals surface area contributed by atoms with Crippen molar-refractivity contribution in [1.29, 1.82) is 0 Å². The van der Waals surface area contributed by atoms with Gasteiger partial charge in [-0.1, -0.05) is 41.7 Å². The van der Waals surface area contributed by atoms with Crippen molar-refractivity contribution >= 4 is 32.6 Å². The van der Waals surface area contributed by atoms with Gasteiger partial charge in [0.25, 0.3) is 0 Å². The maximum absolute atomic E-state index is 12.6. The monoisotopic (exact) mass is 395 g/mol. The van der Waals surface area contributed by atoms with E-state index in [4.69, 9.17) is 9.72 Å². The van der Waals surface area contributed by atoms with E-state index in [0.717, 1.165) is 54.3 Å². The number of nitrogens with one attached hydrogen (secondary N) is 1. The van der Waals surface area contributed by atoms with E-state index in [-0.39, 0.29) is 11.8 Å². The largest absolute Gasteiger partial charge is 0.496 e. The number of ether oxygens (including phenoxy) is 1. The number of aromatic nitrogens is 1. The quantitative estimate of drug-likeness (QED) is 0.688. The van der Waals surface area contributed by atoms with Gasteiger partial charge in [-0.15, -0.1) is 0 Å². The zero-order valence-electron chi connectivity index (χ0n) is 16.1. The molecule has 1 fully saturated rings. The first-order chi connectivity index (χ1) is 13.7. The zero-order chi connectivity index (χ0) is 19.3. The molecule has 2 aromatic carbocycles. The van der Waals surface area contributed by atoms with Crippen LogP contribution in [0.5, 0.6) is 5.75 Å². The maximum Gasteiger partial charge on any atom is 0.223 e. The van der Waals surface area contributed by atoms with Gasteiger partial charge in [-0.3, -0.25) is 4.79 Å². The van der Waals surface area contributed by atoms with Crippen LogP contribution in [0.2, 0.25) is 0 Å². The van der Waals surface area contributed by atoms with Crippen molar-refractivity contribution in [2.45, 2.75) is 19.3 Å². The van der Waals surface area contributed by atoms with E-state index < -0.39 is 0 Å². The van der Waals surface area contributed by atoms with Crippen LogP contribution in [0.3, 0.4) is 0 Å². The van der Waals surface area contributed by atoms with E-state index in [1.165, 1.54) is 4.70 Å². The lowest BCUT2D eigenvalue weighted by molar-refractivity contribution is -0.125. The molecule has 0 aliphatic carbocycles. The molecule has 1 amide bonds. The van der Waals surface area contributed by atoms with Crippen LogP contribution < -0.4 is 15.0 Å². The predicted octanol–water partition coefficient (Wildman–Crippen LogP) is 3.88. The summed E-state index contributed by atoms with van der Waals surface area (Å²) in [4.78, 5) is 19.6. The Morgan fingerprint density at radius 1 is 1.18 bits per heavy atom. The van der Waals surface area contributed by atoms with Crippen molar-refractivity contribution in [3.8, 4) is 5.75 Å². The summed E-state index contributed by atoms with van der Waals surface area (Å²) in [6.45, 7) is 2.39. The van der Waals surface area contributed by atoms with Crippen LogP contribution >= 0.6 is 11.3 Å². The molecule has 1 saturated heterocycles. The number of methoxy groups -OCH3 is 1. The topological polar surface area (TPSA) is 54.5 Å². The van der Waals surface area contributed by atoms with Crippen molar-refractivity contribution in [2.24, 2.45) is 5.92 Å². The highest BCUT2D eigenvalue weighted by Crippen LogP contribution is 2.31. The van der Waals surface area contributed by atoms with Gasteiger partial charge in [0.1, 0.15) is 5.75 Å². The maximum atomic E-state index is 12.6. The van der Waals surface area contributed by atoms with Crippen LogP contribution in [0.25, 0.3) is 10.2 Å². The highest BCUT2D eigenvalue weighted by atomic mass is 32.1. The molecule has 1 N–H and O–H groups in total. The average molecular weight is 396 g/mol. The minimum atomic E-state index is 0.0864. The summed E-state index contributed by atoms with van der Waals surface area (Å²) in [5.74, 6) is 1.13. The van der Waals surface area contributed by atoms with Crippen molar-refractivity contribution < 1.29 is 9.53 Å². The molecular formula is C22H25N3O2S. The third kappa shape index (κ3) is 4.12. The lowest BCUT2D eigenvalue weighted by Gasteiger charge is -2.31. The first-order valence-electron chi connectivity index (χ1n) is 9.74. The Labute approximate surface area is 169 Å². The molecule has 1 aromatic heterocycles. The lowest BCUT2D eigenvalue weighted by Crippen LogP contribution is -2.41. The van der Waals surface area contributed by atoms with Crippen LogP contribution in [0.1, 0.15) is 18.4 Å². The Bertz CT molecular complexity index is 915. The van der Waals surface area contributed by atoms with Gasteiger partial charge in [-0.2, -0.15) is 0 Å². The first-order valence-corrected chi connectivity index (χ1v) is 10.6. The smallest absolute Gasteiger partial charge is 0.223 e. The minimum Gasteiger partial charge on any atom is -0.496 e. The number of benzene rings is 2. The van der Waals surface area contributed by atoms with Gasteiger partial charge < -0.3 is 15.0 Å². The first kappa shape index (κ1) is 18.7.